The molecule has 1 rings (SSSR count). The maximum absolute atomic E-state index is 11.8. The van der Waals surface area contributed by atoms with Gasteiger partial charge in [-0.1, -0.05) is 23.8 Å². The van der Waals surface area contributed by atoms with Crippen LogP contribution in [0.4, 0.5) is 10.5 Å². The zero-order valence-electron chi connectivity index (χ0n) is 9.61. The Balaban J connectivity index is 2.66. The number of carbonyl (C=O) groups is 1. The zero-order chi connectivity index (χ0) is 13.0. The van der Waals surface area contributed by atoms with Crippen molar-refractivity contribution in [3.63, 3.8) is 0 Å². The van der Waals surface area contributed by atoms with Crippen LogP contribution in [0.5, 0.6) is 0 Å². The van der Waals surface area contributed by atoms with E-state index < -0.39 is 0 Å². The predicted octanol–water partition coefficient (Wildman–Crippen LogP) is 2.48. The van der Waals surface area contributed by atoms with Gasteiger partial charge in [-0.05, 0) is 31.2 Å². The molecule has 6 heteroatoms. The minimum absolute atomic E-state index is 0.271. The Morgan fingerprint density at radius 3 is 2.47 bits per heavy atom. The molecule has 0 saturated heterocycles. The fraction of sp³-hybridized carbons (Fsp3) is 0.273. The van der Waals surface area contributed by atoms with Gasteiger partial charge < -0.3 is 16.0 Å². The van der Waals surface area contributed by atoms with Gasteiger partial charge in [0.25, 0.3) is 0 Å². The van der Waals surface area contributed by atoms with Crippen LogP contribution in [0.15, 0.2) is 24.3 Å². The normalized spacial score (nSPS) is 11.7. The third-order valence-electron chi connectivity index (χ3n) is 2.41. The molecule has 0 aliphatic carbocycles. The smallest absolute Gasteiger partial charge is 0.322 e. The number of nitrogens with one attached hydrogen (secondary N) is 1. The summed E-state index contributed by atoms with van der Waals surface area (Å²) in [5, 5.41) is 3.34. The van der Waals surface area contributed by atoms with Crippen molar-refractivity contribution in [1.82, 2.24) is 4.90 Å². The van der Waals surface area contributed by atoms with Crippen molar-refractivity contribution in [2.45, 2.75) is 13.0 Å². The molecular formula is C11H14ClN3OS. The van der Waals surface area contributed by atoms with Gasteiger partial charge >= 0.3 is 6.03 Å². The molecule has 0 heterocycles. The molecule has 0 aliphatic rings. The number of benzene rings is 1. The summed E-state index contributed by atoms with van der Waals surface area (Å²) in [4.78, 5) is 13.5. The Hall–Kier alpha value is -1.33. The number of anilines is 1. The van der Waals surface area contributed by atoms with Crippen LogP contribution in [0.3, 0.4) is 0 Å². The van der Waals surface area contributed by atoms with Gasteiger partial charge in [0.2, 0.25) is 0 Å². The maximum Gasteiger partial charge on any atom is 0.322 e. The van der Waals surface area contributed by atoms with Crippen molar-refractivity contribution >= 4 is 40.5 Å². The van der Waals surface area contributed by atoms with E-state index in [0.717, 1.165) is 0 Å². The van der Waals surface area contributed by atoms with Crippen LogP contribution >= 0.6 is 23.8 Å². The fourth-order valence-electron chi connectivity index (χ4n) is 1.11. The molecule has 3 N–H and O–H groups in total. The average molecular weight is 272 g/mol. The van der Waals surface area contributed by atoms with Gasteiger partial charge in [-0.15, -0.1) is 0 Å². The predicted molar refractivity (Wildman–Crippen MR) is 74.5 cm³/mol. The van der Waals surface area contributed by atoms with E-state index in [0.29, 0.717) is 10.7 Å². The number of halogens is 1. The van der Waals surface area contributed by atoms with Gasteiger partial charge in [-0.3, -0.25) is 0 Å². The van der Waals surface area contributed by atoms with Gasteiger partial charge in [-0.2, -0.15) is 0 Å². The number of likely N-dealkylation sites (N-methyl/N-ethyl adjacent to an activating group) is 1. The summed E-state index contributed by atoms with van der Waals surface area (Å²) < 4.78 is 0. The summed E-state index contributed by atoms with van der Waals surface area (Å²) in [6, 6.07) is 6.28. The number of rotatable bonds is 3. The van der Waals surface area contributed by atoms with Crippen LogP contribution in [0.1, 0.15) is 6.92 Å². The highest BCUT2D eigenvalue weighted by atomic mass is 35.5. The van der Waals surface area contributed by atoms with Crippen LogP contribution < -0.4 is 11.1 Å². The second kappa shape index (κ2) is 5.84. The van der Waals surface area contributed by atoms with Crippen LogP contribution in [0.25, 0.3) is 0 Å². The quantitative estimate of drug-likeness (QED) is 0.831. The third-order valence-corrected chi connectivity index (χ3v) is 3.00. The second-order valence-corrected chi connectivity index (χ2v) is 4.53. The summed E-state index contributed by atoms with van der Waals surface area (Å²) >= 11 is 10.6. The fourth-order valence-corrected chi connectivity index (χ4v) is 1.40. The SMILES string of the molecule is CC(C(N)=S)N(C)C(=O)Nc1ccc(Cl)cc1. The first-order chi connectivity index (χ1) is 7.91. The van der Waals surface area contributed by atoms with Gasteiger partial charge in [-0.25, -0.2) is 4.79 Å². The first kappa shape index (κ1) is 13.7. The van der Waals surface area contributed by atoms with E-state index in [1.807, 2.05) is 0 Å². The Morgan fingerprint density at radius 1 is 1.47 bits per heavy atom. The van der Waals surface area contributed by atoms with E-state index in [4.69, 9.17) is 29.6 Å². The Kier molecular flexibility index (Phi) is 4.72. The Morgan fingerprint density at radius 2 is 2.00 bits per heavy atom. The summed E-state index contributed by atoms with van der Waals surface area (Å²) in [5.74, 6) is 0. The van der Waals surface area contributed by atoms with Crippen LogP contribution in [-0.2, 0) is 0 Å². The summed E-state index contributed by atoms with van der Waals surface area (Å²) in [6.45, 7) is 1.77. The van der Waals surface area contributed by atoms with Crippen molar-refractivity contribution < 1.29 is 4.79 Å². The van der Waals surface area contributed by atoms with Crippen molar-refractivity contribution in [1.29, 1.82) is 0 Å². The van der Waals surface area contributed by atoms with Crippen LogP contribution in [-0.4, -0.2) is 29.0 Å². The molecule has 1 aromatic carbocycles. The van der Waals surface area contributed by atoms with E-state index in [1.165, 1.54) is 4.90 Å². The molecule has 2 amide bonds. The maximum atomic E-state index is 11.8. The highest BCUT2D eigenvalue weighted by molar-refractivity contribution is 7.80. The largest absolute Gasteiger partial charge is 0.392 e. The Labute approximate surface area is 111 Å². The topological polar surface area (TPSA) is 58.4 Å². The zero-order valence-corrected chi connectivity index (χ0v) is 11.2. The molecular weight excluding hydrogens is 258 g/mol. The van der Waals surface area contributed by atoms with Crippen LogP contribution in [0, 0.1) is 0 Å². The number of nitrogens with two attached hydrogens (primary N) is 1. The molecule has 1 aromatic rings. The highest BCUT2D eigenvalue weighted by Gasteiger charge is 2.17. The van der Waals surface area contributed by atoms with Crippen molar-refractivity contribution in [2.24, 2.45) is 5.73 Å². The number of thiocarbonyl (C=S) groups is 1. The molecule has 4 nitrogen and oxygen atoms in total. The Bertz CT molecular complexity index is 421. The number of hydrogen-bond donors (Lipinski definition) is 2. The molecule has 0 saturated carbocycles. The van der Waals surface area contributed by atoms with E-state index in [9.17, 15) is 4.79 Å². The number of amides is 2. The standard InChI is InChI=1S/C11H14ClN3OS/c1-7(10(13)17)15(2)11(16)14-9-5-3-8(12)4-6-9/h3-7H,1-2H3,(H2,13,17)(H,14,16). The molecule has 0 aromatic heterocycles. The number of nitrogens with zero attached hydrogens (tertiary/aromatic N) is 1. The molecule has 17 heavy (non-hydrogen) atoms. The van der Waals surface area contributed by atoms with Gasteiger partial charge in [0, 0.05) is 17.8 Å². The van der Waals surface area contributed by atoms with E-state index in [-0.39, 0.29) is 17.1 Å². The van der Waals surface area contributed by atoms with E-state index in [1.54, 1.807) is 38.2 Å². The van der Waals surface area contributed by atoms with Gasteiger partial charge in [0.05, 0.1) is 11.0 Å². The lowest BCUT2D eigenvalue weighted by atomic mass is 10.3. The highest BCUT2D eigenvalue weighted by Crippen LogP contribution is 2.14. The molecule has 1 atom stereocenters. The molecule has 0 aliphatic heterocycles. The van der Waals surface area contributed by atoms with Gasteiger partial charge in [0.1, 0.15) is 0 Å². The minimum atomic E-state index is -0.294. The van der Waals surface area contributed by atoms with Gasteiger partial charge in [0.15, 0.2) is 0 Å². The molecule has 0 spiro atoms. The monoisotopic (exact) mass is 271 g/mol. The summed E-state index contributed by atoms with van der Waals surface area (Å²) in [7, 11) is 1.63. The average Bonchev–Trinajstić information content (AvgIpc) is 2.30. The summed E-state index contributed by atoms with van der Waals surface area (Å²) in [6.07, 6.45) is 0. The van der Waals surface area contributed by atoms with Crippen molar-refractivity contribution in [2.75, 3.05) is 12.4 Å². The molecule has 92 valence electrons. The van der Waals surface area contributed by atoms with E-state index in [2.05, 4.69) is 5.32 Å². The van der Waals surface area contributed by atoms with Crippen molar-refractivity contribution in [3.05, 3.63) is 29.3 Å². The lowest BCUT2D eigenvalue weighted by Gasteiger charge is -2.24. The minimum Gasteiger partial charge on any atom is -0.392 e. The lowest BCUT2D eigenvalue weighted by molar-refractivity contribution is 0.218. The van der Waals surface area contributed by atoms with Crippen molar-refractivity contribution in [3.8, 4) is 0 Å². The first-order valence-electron chi connectivity index (χ1n) is 5.00. The molecule has 0 radical (unpaired) electrons. The number of carbonyl (C=O) groups excluding carboxylic acids is 1. The number of hydrogen-bond acceptors (Lipinski definition) is 2. The van der Waals surface area contributed by atoms with E-state index >= 15 is 0 Å². The van der Waals surface area contributed by atoms with Crippen LogP contribution in [0.2, 0.25) is 5.02 Å². The molecule has 0 bridgehead atoms. The molecule has 1 unspecified atom stereocenters. The third kappa shape index (κ3) is 3.87. The second-order valence-electron chi connectivity index (χ2n) is 3.63. The lowest BCUT2D eigenvalue weighted by Crippen LogP contribution is -2.44. The first-order valence-corrected chi connectivity index (χ1v) is 5.79. The summed E-state index contributed by atoms with van der Waals surface area (Å²) in [5.41, 5.74) is 6.15. The number of urea groups is 1. The molecule has 0 fully saturated rings.